The Labute approximate surface area is 123 Å². The molecule has 5 heteroatoms. The van der Waals surface area contributed by atoms with Crippen molar-refractivity contribution in [3.8, 4) is 0 Å². The number of hydrogen-bond donors (Lipinski definition) is 1. The lowest BCUT2D eigenvalue weighted by atomic mass is 10.0. The van der Waals surface area contributed by atoms with E-state index in [2.05, 4.69) is 15.9 Å². The van der Waals surface area contributed by atoms with Crippen LogP contribution < -0.4 is 0 Å². The third kappa shape index (κ3) is 3.61. The normalized spacial score (nSPS) is 12.4. The highest BCUT2D eigenvalue weighted by Gasteiger charge is 2.15. The van der Waals surface area contributed by atoms with Crippen LogP contribution in [0.15, 0.2) is 40.9 Å². The van der Waals surface area contributed by atoms with Crippen molar-refractivity contribution in [2.45, 2.75) is 18.9 Å². The number of rotatable bonds is 4. The summed E-state index contributed by atoms with van der Waals surface area (Å²) in [6.07, 6.45) is -0.917. The summed E-state index contributed by atoms with van der Waals surface area (Å²) in [6, 6.07) is 7.66. The van der Waals surface area contributed by atoms with Crippen LogP contribution in [0.1, 0.15) is 11.1 Å². The molecular weight excluding hydrogens is 333 g/mol. The summed E-state index contributed by atoms with van der Waals surface area (Å²) in [5.41, 5.74) is 0.536. The number of hydrogen-bond acceptors (Lipinski definition) is 1. The maximum absolute atomic E-state index is 13.5. The Bertz CT molecular complexity index is 596. The minimum Gasteiger partial charge on any atom is -0.392 e. The molecule has 1 atom stereocenters. The fraction of sp³-hybridized carbons (Fsp3) is 0.200. The highest BCUT2D eigenvalue weighted by molar-refractivity contribution is 9.10. The highest BCUT2D eigenvalue weighted by Crippen LogP contribution is 2.21. The van der Waals surface area contributed by atoms with Gasteiger partial charge in [-0.1, -0.05) is 28.1 Å². The molecule has 0 radical (unpaired) electrons. The van der Waals surface area contributed by atoms with Crippen molar-refractivity contribution in [3.63, 3.8) is 0 Å². The zero-order chi connectivity index (χ0) is 14.7. The van der Waals surface area contributed by atoms with Crippen molar-refractivity contribution in [1.29, 1.82) is 0 Å². The van der Waals surface area contributed by atoms with E-state index in [9.17, 15) is 18.3 Å². The second kappa shape index (κ2) is 6.41. The van der Waals surface area contributed by atoms with Gasteiger partial charge in [-0.05, 0) is 36.2 Å². The lowest BCUT2D eigenvalue weighted by Gasteiger charge is -2.13. The van der Waals surface area contributed by atoms with Gasteiger partial charge in [0.25, 0.3) is 0 Å². The molecule has 2 aromatic rings. The minimum atomic E-state index is -0.955. The van der Waals surface area contributed by atoms with Gasteiger partial charge in [0.15, 0.2) is 0 Å². The van der Waals surface area contributed by atoms with E-state index >= 15 is 0 Å². The first-order valence-corrected chi connectivity index (χ1v) is 6.81. The van der Waals surface area contributed by atoms with Gasteiger partial charge in [0.2, 0.25) is 0 Å². The van der Waals surface area contributed by atoms with Crippen LogP contribution in [0, 0.1) is 17.5 Å². The molecule has 1 nitrogen and oxygen atoms in total. The van der Waals surface area contributed by atoms with Gasteiger partial charge in [0.05, 0.1) is 6.10 Å². The molecule has 1 N–H and O–H groups in total. The molecule has 106 valence electrons. The van der Waals surface area contributed by atoms with Crippen LogP contribution in [0.2, 0.25) is 0 Å². The van der Waals surface area contributed by atoms with Crippen LogP contribution in [0.4, 0.5) is 13.2 Å². The van der Waals surface area contributed by atoms with Gasteiger partial charge >= 0.3 is 0 Å². The maximum Gasteiger partial charge on any atom is 0.129 e. The van der Waals surface area contributed by atoms with E-state index < -0.39 is 23.6 Å². The Morgan fingerprint density at radius 3 is 2.25 bits per heavy atom. The van der Waals surface area contributed by atoms with Gasteiger partial charge in [-0.15, -0.1) is 0 Å². The summed E-state index contributed by atoms with van der Waals surface area (Å²) in [6.45, 7) is 0. The van der Waals surface area contributed by atoms with E-state index in [1.807, 2.05) is 0 Å². The summed E-state index contributed by atoms with van der Waals surface area (Å²) >= 11 is 3.19. The standard InChI is InChI=1S/C15H12BrF3O/c16-13-7-10(17)5-4-9(13)6-11(20)8-12-14(18)2-1-3-15(12)19/h1-5,7,11,20H,6,8H2. The molecule has 0 aliphatic rings. The average Bonchev–Trinajstić information content (AvgIpc) is 2.37. The number of benzene rings is 2. The van der Waals surface area contributed by atoms with Crippen LogP contribution in [0.5, 0.6) is 0 Å². The molecule has 0 heterocycles. The lowest BCUT2D eigenvalue weighted by molar-refractivity contribution is 0.172. The van der Waals surface area contributed by atoms with E-state index in [0.29, 0.717) is 10.0 Å². The van der Waals surface area contributed by atoms with Gasteiger partial charge < -0.3 is 5.11 Å². The highest BCUT2D eigenvalue weighted by atomic mass is 79.9. The smallest absolute Gasteiger partial charge is 0.129 e. The second-order valence-corrected chi connectivity index (χ2v) is 5.35. The lowest BCUT2D eigenvalue weighted by Crippen LogP contribution is -2.16. The molecule has 0 aliphatic heterocycles. The Balaban J connectivity index is 2.11. The van der Waals surface area contributed by atoms with Crippen molar-refractivity contribution in [2.24, 2.45) is 0 Å². The molecule has 0 aromatic heterocycles. The molecule has 0 bridgehead atoms. The molecule has 2 rings (SSSR count). The molecular formula is C15H12BrF3O. The minimum absolute atomic E-state index is 0.137. The van der Waals surface area contributed by atoms with Crippen LogP contribution in [-0.4, -0.2) is 11.2 Å². The van der Waals surface area contributed by atoms with Crippen LogP contribution in [0.25, 0.3) is 0 Å². The fourth-order valence-corrected chi connectivity index (χ4v) is 2.49. The van der Waals surface area contributed by atoms with E-state index in [4.69, 9.17) is 0 Å². The molecule has 1 unspecified atom stereocenters. The summed E-state index contributed by atoms with van der Waals surface area (Å²) < 4.78 is 40.4. The third-order valence-electron chi connectivity index (χ3n) is 2.97. The first-order valence-electron chi connectivity index (χ1n) is 6.02. The van der Waals surface area contributed by atoms with Crippen molar-refractivity contribution in [2.75, 3.05) is 0 Å². The van der Waals surface area contributed by atoms with Gasteiger partial charge in [0, 0.05) is 16.5 Å². The molecule has 2 aromatic carbocycles. The van der Waals surface area contributed by atoms with E-state index in [1.165, 1.54) is 24.3 Å². The molecule has 0 aliphatic carbocycles. The number of halogens is 4. The predicted octanol–water partition coefficient (Wildman–Crippen LogP) is 4.01. The number of aliphatic hydroxyl groups is 1. The fourth-order valence-electron chi connectivity index (χ4n) is 1.98. The summed E-state index contributed by atoms with van der Waals surface area (Å²) in [7, 11) is 0. The van der Waals surface area contributed by atoms with Gasteiger partial charge in [-0.2, -0.15) is 0 Å². The summed E-state index contributed by atoms with van der Waals surface area (Å²) in [5, 5.41) is 9.95. The maximum atomic E-state index is 13.5. The van der Waals surface area contributed by atoms with E-state index in [1.54, 1.807) is 0 Å². The van der Waals surface area contributed by atoms with Crippen molar-refractivity contribution in [1.82, 2.24) is 0 Å². The average molecular weight is 345 g/mol. The van der Waals surface area contributed by atoms with Crippen molar-refractivity contribution < 1.29 is 18.3 Å². The number of aliphatic hydroxyl groups excluding tert-OH is 1. The zero-order valence-electron chi connectivity index (χ0n) is 10.4. The Hall–Kier alpha value is -1.33. The molecule has 0 saturated carbocycles. The van der Waals surface area contributed by atoms with Crippen LogP contribution in [-0.2, 0) is 12.8 Å². The van der Waals surface area contributed by atoms with Crippen molar-refractivity contribution >= 4 is 15.9 Å². The van der Waals surface area contributed by atoms with Gasteiger partial charge in [0.1, 0.15) is 17.5 Å². The Kier molecular flexibility index (Phi) is 4.83. The Morgan fingerprint density at radius 2 is 1.65 bits per heavy atom. The second-order valence-electron chi connectivity index (χ2n) is 4.50. The quantitative estimate of drug-likeness (QED) is 0.888. The largest absolute Gasteiger partial charge is 0.392 e. The molecule has 0 saturated heterocycles. The summed E-state index contributed by atoms with van der Waals surface area (Å²) in [4.78, 5) is 0. The molecule has 20 heavy (non-hydrogen) atoms. The van der Waals surface area contributed by atoms with E-state index in [0.717, 1.165) is 12.1 Å². The third-order valence-corrected chi connectivity index (χ3v) is 3.71. The predicted molar refractivity (Wildman–Crippen MR) is 73.9 cm³/mol. The van der Waals surface area contributed by atoms with Crippen molar-refractivity contribution in [3.05, 3.63) is 69.4 Å². The first kappa shape index (κ1) is 15.1. The SMILES string of the molecule is OC(Cc1ccc(F)cc1Br)Cc1c(F)cccc1F. The molecule has 0 spiro atoms. The Morgan fingerprint density at radius 1 is 1.00 bits per heavy atom. The summed E-state index contributed by atoms with van der Waals surface area (Å²) in [5.74, 6) is -1.75. The first-order chi connectivity index (χ1) is 9.47. The van der Waals surface area contributed by atoms with Gasteiger partial charge in [-0.25, -0.2) is 13.2 Å². The van der Waals surface area contributed by atoms with Gasteiger partial charge in [-0.3, -0.25) is 0 Å². The van der Waals surface area contributed by atoms with Crippen LogP contribution >= 0.6 is 15.9 Å². The molecule has 0 fully saturated rings. The zero-order valence-corrected chi connectivity index (χ0v) is 12.0. The van der Waals surface area contributed by atoms with E-state index in [-0.39, 0.29) is 18.4 Å². The monoisotopic (exact) mass is 344 g/mol. The topological polar surface area (TPSA) is 20.2 Å². The molecule has 0 amide bonds. The van der Waals surface area contributed by atoms with Crippen LogP contribution in [0.3, 0.4) is 0 Å².